The number of carbonyl (C=O) groups excluding carboxylic acids is 1. The summed E-state index contributed by atoms with van der Waals surface area (Å²) >= 11 is 0. The van der Waals surface area contributed by atoms with Gasteiger partial charge in [-0.05, 0) is 96.3 Å². The second-order valence-electron chi connectivity index (χ2n) is 19.7. The van der Waals surface area contributed by atoms with Crippen LogP contribution in [0.2, 0.25) is 0 Å². The number of carbonyl (C=O) groups is 1. The zero-order chi connectivity index (χ0) is 54.4. The first kappa shape index (κ1) is 68.0. The lowest BCUT2D eigenvalue weighted by atomic mass is 9.98. The lowest BCUT2D eigenvalue weighted by molar-refractivity contribution is -0.332. The maximum atomic E-state index is 13.1. The number of unbranched alkanes of at least 4 members (excludes halogenated alkanes) is 15. The molecule has 0 aromatic rings. The van der Waals surface area contributed by atoms with Gasteiger partial charge in [-0.1, -0.05) is 175 Å². The fourth-order valence-corrected chi connectivity index (χ4v) is 8.44. The smallest absolute Gasteiger partial charge is 0.306 e. The molecular weight excluding hydrogens is 957 g/mol. The lowest BCUT2D eigenvalue weighted by Crippen LogP contribution is -2.61. The van der Waals surface area contributed by atoms with Crippen LogP contribution in [-0.4, -0.2) is 142 Å². The molecular formula is C61H102O14. The number of rotatable bonds is 45. The summed E-state index contributed by atoms with van der Waals surface area (Å²) in [6.07, 6.45) is 46.0. The first-order valence-electron chi connectivity index (χ1n) is 28.8. The molecule has 14 heteroatoms. The summed E-state index contributed by atoms with van der Waals surface area (Å²) in [6.45, 7) is 3.48. The molecule has 2 heterocycles. The second kappa shape index (κ2) is 47.0. The van der Waals surface area contributed by atoms with E-state index in [1.165, 1.54) is 44.9 Å². The molecule has 0 amide bonds. The zero-order valence-electron chi connectivity index (χ0n) is 46.0. The van der Waals surface area contributed by atoms with Gasteiger partial charge in [0.25, 0.3) is 0 Å². The van der Waals surface area contributed by atoms with Crippen molar-refractivity contribution < 1.29 is 69.0 Å². The van der Waals surface area contributed by atoms with Crippen LogP contribution in [0.4, 0.5) is 0 Å². The molecule has 0 saturated carbocycles. The van der Waals surface area contributed by atoms with Crippen LogP contribution in [0.5, 0.6) is 0 Å². The summed E-state index contributed by atoms with van der Waals surface area (Å²) in [5.74, 6) is -0.402. The van der Waals surface area contributed by atoms with Gasteiger partial charge in [-0.2, -0.15) is 0 Å². The Kier molecular flexibility index (Phi) is 42.6. The maximum Gasteiger partial charge on any atom is 0.306 e. The molecule has 0 aliphatic carbocycles. The minimum atomic E-state index is -1.72. The molecule has 11 atom stereocenters. The molecule has 11 unspecified atom stereocenters. The standard InChI is InChI=1S/C61H102O14/c1-3-5-7-9-11-13-15-17-19-21-23-25-26-28-30-32-34-36-38-40-42-44-53(63)73-50(47-70-45-43-41-39-37-35-33-31-29-27-24-22-20-18-16-14-12-10-8-6-4-2)48-71-60-59(69)57(67)55(65)52(75-60)49-72-61-58(68)56(66)54(64)51(46-62)74-61/h5,7,11-14,17-20,23-25,27-28,30,50-52,54-62,64-69H,3-4,6,8-10,15-16,21-22,26,29,31-49H2,1-2H3/b7-5-,13-11-,14-12-,19-17-,20-18-,25-23-,27-24-,30-28-. The van der Waals surface area contributed by atoms with Crippen molar-refractivity contribution >= 4 is 5.97 Å². The summed E-state index contributed by atoms with van der Waals surface area (Å²) in [4.78, 5) is 13.1. The van der Waals surface area contributed by atoms with Crippen molar-refractivity contribution in [3.05, 3.63) is 97.2 Å². The van der Waals surface area contributed by atoms with Gasteiger partial charge in [0.15, 0.2) is 12.6 Å². The molecule has 0 aromatic carbocycles. The highest BCUT2D eigenvalue weighted by atomic mass is 16.7. The van der Waals surface area contributed by atoms with Crippen LogP contribution in [0.3, 0.4) is 0 Å². The van der Waals surface area contributed by atoms with Crippen LogP contribution >= 0.6 is 0 Å². The quantitative estimate of drug-likeness (QED) is 0.0172. The number of aliphatic hydroxyl groups is 7. The average Bonchev–Trinajstić information content (AvgIpc) is 3.41. The molecule has 2 fully saturated rings. The van der Waals surface area contributed by atoms with Gasteiger partial charge in [-0.3, -0.25) is 4.79 Å². The van der Waals surface area contributed by atoms with Crippen LogP contribution in [0.15, 0.2) is 97.2 Å². The van der Waals surface area contributed by atoms with Gasteiger partial charge in [0, 0.05) is 13.0 Å². The normalized spacial score (nSPS) is 25.3. The Morgan fingerprint density at radius 2 is 0.867 bits per heavy atom. The van der Waals surface area contributed by atoms with Gasteiger partial charge in [-0.15, -0.1) is 0 Å². The average molecular weight is 1060 g/mol. The highest BCUT2D eigenvalue weighted by Gasteiger charge is 2.47. The van der Waals surface area contributed by atoms with Crippen LogP contribution < -0.4 is 0 Å². The maximum absolute atomic E-state index is 13.1. The van der Waals surface area contributed by atoms with Crippen molar-refractivity contribution in [2.75, 3.05) is 33.0 Å². The van der Waals surface area contributed by atoms with Gasteiger partial charge in [0.05, 0.1) is 26.4 Å². The van der Waals surface area contributed by atoms with Gasteiger partial charge >= 0.3 is 5.97 Å². The van der Waals surface area contributed by atoms with Gasteiger partial charge in [0.2, 0.25) is 0 Å². The summed E-state index contributed by atoms with van der Waals surface area (Å²) in [5, 5.41) is 72.3. The number of hydrogen-bond acceptors (Lipinski definition) is 14. The van der Waals surface area contributed by atoms with Crippen LogP contribution in [-0.2, 0) is 33.2 Å². The number of aliphatic hydroxyl groups excluding tert-OH is 7. The molecule has 0 radical (unpaired) electrons. The first-order chi connectivity index (χ1) is 36.6. The fourth-order valence-electron chi connectivity index (χ4n) is 8.44. The zero-order valence-corrected chi connectivity index (χ0v) is 46.0. The molecule has 0 spiro atoms. The lowest BCUT2D eigenvalue weighted by Gasteiger charge is -2.42. The predicted octanol–water partition coefficient (Wildman–Crippen LogP) is 10.2. The van der Waals surface area contributed by atoms with E-state index in [9.17, 15) is 40.5 Å². The Balaban J connectivity index is 1.75. The Hall–Kier alpha value is -3.09. The predicted molar refractivity (Wildman–Crippen MR) is 298 cm³/mol. The van der Waals surface area contributed by atoms with E-state index < -0.39 is 86.7 Å². The van der Waals surface area contributed by atoms with Crippen molar-refractivity contribution in [2.24, 2.45) is 0 Å². The van der Waals surface area contributed by atoms with E-state index in [0.29, 0.717) is 13.0 Å². The molecule has 2 rings (SSSR count). The first-order valence-corrected chi connectivity index (χ1v) is 28.8. The molecule has 0 bridgehead atoms. The van der Waals surface area contributed by atoms with Crippen molar-refractivity contribution in [1.29, 1.82) is 0 Å². The highest BCUT2D eigenvalue weighted by Crippen LogP contribution is 2.26. The Bertz CT molecular complexity index is 1610. The fraction of sp³-hybridized carbons (Fsp3) is 0.721. The molecule has 2 aliphatic heterocycles. The van der Waals surface area contributed by atoms with Crippen molar-refractivity contribution in [1.82, 2.24) is 0 Å². The van der Waals surface area contributed by atoms with E-state index in [2.05, 4.69) is 111 Å². The highest BCUT2D eigenvalue weighted by molar-refractivity contribution is 5.69. The minimum absolute atomic E-state index is 0.0403. The van der Waals surface area contributed by atoms with Crippen LogP contribution in [0.1, 0.15) is 181 Å². The third-order valence-electron chi connectivity index (χ3n) is 13.1. The second-order valence-corrected chi connectivity index (χ2v) is 19.7. The number of allylic oxidation sites excluding steroid dienone is 16. The van der Waals surface area contributed by atoms with E-state index in [1.807, 2.05) is 0 Å². The van der Waals surface area contributed by atoms with Gasteiger partial charge < -0.3 is 64.2 Å². The summed E-state index contributed by atoms with van der Waals surface area (Å²) in [6, 6.07) is 0. The summed E-state index contributed by atoms with van der Waals surface area (Å²) in [5.41, 5.74) is 0. The SMILES string of the molecule is CC/C=C\C/C=C\C/C=C\C/C=C\C/C=C\CCCCCCCC(=O)OC(COCCCCCCCCC/C=C\C/C=C\C/C=C\CCCCC)COC1OC(COC2OC(CO)C(O)C(O)C2O)C(O)C(O)C1O. The van der Waals surface area contributed by atoms with Gasteiger partial charge in [0.1, 0.15) is 54.9 Å². The Morgan fingerprint density at radius 1 is 0.453 bits per heavy atom. The van der Waals surface area contributed by atoms with E-state index in [4.69, 9.17) is 28.4 Å². The van der Waals surface area contributed by atoms with E-state index in [-0.39, 0.29) is 19.6 Å². The van der Waals surface area contributed by atoms with Crippen LogP contribution in [0.25, 0.3) is 0 Å². The Labute approximate surface area is 452 Å². The molecule has 430 valence electrons. The topological polar surface area (TPSA) is 214 Å². The number of hydrogen-bond donors (Lipinski definition) is 7. The van der Waals surface area contributed by atoms with Crippen molar-refractivity contribution in [3.63, 3.8) is 0 Å². The molecule has 2 aliphatic rings. The van der Waals surface area contributed by atoms with Crippen molar-refractivity contribution in [3.8, 4) is 0 Å². The minimum Gasteiger partial charge on any atom is -0.457 e. The van der Waals surface area contributed by atoms with Crippen molar-refractivity contribution in [2.45, 2.75) is 248 Å². The van der Waals surface area contributed by atoms with Gasteiger partial charge in [-0.25, -0.2) is 0 Å². The van der Waals surface area contributed by atoms with E-state index >= 15 is 0 Å². The molecule has 2 saturated heterocycles. The largest absolute Gasteiger partial charge is 0.457 e. The Morgan fingerprint density at radius 3 is 1.36 bits per heavy atom. The summed E-state index contributed by atoms with van der Waals surface area (Å²) in [7, 11) is 0. The summed E-state index contributed by atoms with van der Waals surface area (Å²) < 4.78 is 34.4. The third-order valence-corrected chi connectivity index (χ3v) is 13.1. The van der Waals surface area contributed by atoms with Crippen LogP contribution in [0, 0.1) is 0 Å². The molecule has 75 heavy (non-hydrogen) atoms. The van der Waals surface area contributed by atoms with E-state index in [1.54, 1.807) is 0 Å². The number of ether oxygens (including phenoxy) is 6. The van der Waals surface area contributed by atoms with E-state index in [0.717, 1.165) is 109 Å². The number of esters is 1. The monoisotopic (exact) mass is 1060 g/mol. The molecule has 14 nitrogen and oxygen atoms in total. The molecule has 0 aromatic heterocycles. The molecule has 7 N–H and O–H groups in total. The third kappa shape index (κ3) is 33.7.